The lowest BCUT2D eigenvalue weighted by Gasteiger charge is -2.33. The Morgan fingerprint density at radius 3 is 2.63 bits per heavy atom. The fraction of sp³-hybridized carbons (Fsp3) is 0.360. The molecule has 2 aliphatic rings. The van der Waals surface area contributed by atoms with Crippen molar-refractivity contribution >= 4 is 33.7 Å². The van der Waals surface area contributed by atoms with E-state index in [9.17, 15) is 9.59 Å². The first-order valence-electron chi connectivity index (χ1n) is 11.8. The number of aromatic nitrogens is 3. The first kappa shape index (κ1) is 21.5. The molecule has 0 spiro atoms. The fourth-order valence-electron chi connectivity index (χ4n) is 4.70. The molecule has 1 aliphatic carbocycles. The first-order chi connectivity index (χ1) is 17.0. The summed E-state index contributed by atoms with van der Waals surface area (Å²) in [7, 11) is 0. The molecule has 10 heteroatoms. The maximum absolute atomic E-state index is 12.3. The number of anilines is 1. The summed E-state index contributed by atoms with van der Waals surface area (Å²) in [6.45, 7) is 1.99. The average Bonchev–Trinajstić information content (AvgIpc) is 3.26. The van der Waals surface area contributed by atoms with Gasteiger partial charge in [0.1, 0.15) is 5.75 Å². The molecule has 3 heterocycles. The lowest BCUT2D eigenvalue weighted by Crippen LogP contribution is -2.48. The molecule has 2 aromatic carbocycles. The Balaban J connectivity index is 1.26. The fourth-order valence-corrected chi connectivity index (χ4v) is 4.70. The van der Waals surface area contributed by atoms with Gasteiger partial charge in [-0.3, -0.25) is 4.79 Å². The van der Waals surface area contributed by atoms with Crippen molar-refractivity contribution in [3.63, 3.8) is 0 Å². The second-order valence-electron chi connectivity index (χ2n) is 9.15. The third-order valence-corrected chi connectivity index (χ3v) is 6.93. The summed E-state index contributed by atoms with van der Waals surface area (Å²) >= 11 is 0. The largest absolute Gasteiger partial charge is 0.490 e. The van der Waals surface area contributed by atoms with Gasteiger partial charge in [-0.05, 0) is 55.2 Å². The Bertz CT molecular complexity index is 1470. The van der Waals surface area contributed by atoms with E-state index in [0.717, 1.165) is 46.4 Å². The number of hydrogen-bond acceptors (Lipinski definition) is 7. The number of rotatable bonds is 5. The molecule has 1 aliphatic heterocycles. The van der Waals surface area contributed by atoms with E-state index in [1.54, 1.807) is 6.07 Å². The number of nitrogens with zero attached hydrogens (tertiary/aromatic N) is 4. The van der Waals surface area contributed by atoms with Crippen LogP contribution in [0.2, 0.25) is 0 Å². The summed E-state index contributed by atoms with van der Waals surface area (Å²) in [6.07, 6.45) is 3.17. The summed E-state index contributed by atoms with van der Waals surface area (Å²) in [5.74, 6) is 1.48. The Hall–Kier alpha value is -4.08. The standard InChI is InChI=1S/C25H25N5O5/c31-24-18-7-5-17(34-16-2-1-3-16)14-20(18)21(26-27-24)12-15-4-6-19-22(13-15)35-28-23(19)29-8-10-30(11-9-29)25(32)33/h4-7,13-14,16H,1-3,8-12H2,(H,27,31)(H,32,33). The van der Waals surface area contributed by atoms with Gasteiger partial charge >= 0.3 is 6.09 Å². The molecule has 4 aromatic rings. The van der Waals surface area contributed by atoms with Crippen molar-refractivity contribution in [3.05, 3.63) is 58.0 Å². The van der Waals surface area contributed by atoms with Gasteiger partial charge in [-0.25, -0.2) is 9.89 Å². The third kappa shape index (κ3) is 4.05. The molecule has 2 fully saturated rings. The van der Waals surface area contributed by atoms with E-state index >= 15 is 0 Å². The van der Waals surface area contributed by atoms with Crippen LogP contribution in [-0.4, -0.2) is 63.7 Å². The number of fused-ring (bicyclic) bond motifs is 2. The Morgan fingerprint density at radius 2 is 1.89 bits per heavy atom. The smallest absolute Gasteiger partial charge is 0.407 e. The lowest BCUT2D eigenvalue weighted by molar-refractivity contribution is 0.120. The Kier molecular flexibility index (Phi) is 5.28. The molecule has 10 nitrogen and oxygen atoms in total. The minimum atomic E-state index is -0.899. The van der Waals surface area contributed by atoms with Crippen molar-refractivity contribution < 1.29 is 19.2 Å². The van der Waals surface area contributed by atoms with Gasteiger partial charge in [-0.15, -0.1) is 0 Å². The van der Waals surface area contributed by atoms with E-state index < -0.39 is 6.09 Å². The highest BCUT2D eigenvalue weighted by Gasteiger charge is 2.24. The average molecular weight is 476 g/mol. The number of ether oxygens (including phenoxy) is 1. The zero-order valence-corrected chi connectivity index (χ0v) is 19.1. The molecule has 6 rings (SSSR count). The maximum atomic E-state index is 12.3. The summed E-state index contributed by atoms with van der Waals surface area (Å²) in [6, 6.07) is 11.5. The van der Waals surface area contributed by atoms with Crippen LogP contribution in [0.4, 0.5) is 10.6 Å². The van der Waals surface area contributed by atoms with Crippen molar-refractivity contribution in [1.29, 1.82) is 0 Å². The molecular formula is C25H25N5O5. The highest BCUT2D eigenvalue weighted by atomic mass is 16.5. The molecule has 35 heavy (non-hydrogen) atoms. The van der Waals surface area contributed by atoms with Crippen molar-refractivity contribution in [1.82, 2.24) is 20.3 Å². The molecule has 180 valence electrons. The van der Waals surface area contributed by atoms with Crippen LogP contribution in [0.15, 0.2) is 45.7 Å². The zero-order valence-electron chi connectivity index (χ0n) is 19.1. The molecule has 0 atom stereocenters. The molecule has 2 aromatic heterocycles. The van der Waals surface area contributed by atoms with E-state index in [1.807, 2.05) is 35.2 Å². The van der Waals surface area contributed by atoms with Crippen LogP contribution < -0.4 is 15.2 Å². The highest BCUT2D eigenvalue weighted by Crippen LogP contribution is 2.30. The molecule has 1 amide bonds. The van der Waals surface area contributed by atoms with E-state index in [1.165, 1.54) is 11.3 Å². The topological polar surface area (TPSA) is 125 Å². The monoisotopic (exact) mass is 475 g/mol. The number of piperazine rings is 1. The summed E-state index contributed by atoms with van der Waals surface area (Å²) in [4.78, 5) is 27.0. The van der Waals surface area contributed by atoms with Gasteiger partial charge in [0.05, 0.1) is 22.6 Å². The molecule has 1 saturated carbocycles. The van der Waals surface area contributed by atoms with E-state index in [0.29, 0.717) is 43.6 Å². The minimum absolute atomic E-state index is 0.225. The summed E-state index contributed by atoms with van der Waals surface area (Å²) in [5.41, 5.74) is 2.16. The predicted octanol–water partition coefficient (Wildman–Crippen LogP) is 3.39. The quantitative estimate of drug-likeness (QED) is 0.450. The highest BCUT2D eigenvalue weighted by molar-refractivity contribution is 5.89. The van der Waals surface area contributed by atoms with Crippen LogP contribution in [-0.2, 0) is 6.42 Å². The van der Waals surface area contributed by atoms with Crippen LogP contribution in [0.1, 0.15) is 30.5 Å². The molecule has 2 N–H and O–H groups in total. The van der Waals surface area contributed by atoms with Gasteiger partial charge in [0.25, 0.3) is 5.56 Å². The van der Waals surface area contributed by atoms with Crippen LogP contribution in [0.25, 0.3) is 21.7 Å². The number of carbonyl (C=O) groups is 1. The number of benzene rings is 2. The third-order valence-electron chi connectivity index (χ3n) is 6.93. The predicted molar refractivity (Wildman–Crippen MR) is 129 cm³/mol. The van der Waals surface area contributed by atoms with Crippen molar-refractivity contribution in [2.45, 2.75) is 31.8 Å². The van der Waals surface area contributed by atoms with Gasteiger partial charge in [0, 0.05) is 38.0 Å². The second-order valence-corrected chi connectivity index (χ2v) is 9.15. The van der Waals surface area contributed by atoms with Gasteiger partial charge < -0.3 is 24.2 Å². The van der Waals surface area contributed by atoms with E-state index in [2.05, 4.69) is 15.4 Å². The number of nitrogens with one attached hydrogen (secondary N) is 1. The summed E-state index contributed by atoms with van der Waals surface area (Å²) < 4.78 is 11.7. The van der Waals surface area contributed by atoms with E-state index in [-0.39, 0.29) is 11.7 Å². The minimum Gasteiger partial charge on any atom is -0.490 e. The van der Waals surface area contributed by atoms with Crippen molar-refractivity contribution in [2.75, 3.05) is 31.1 Å². The van der Waals surface area contributed by atoms with Crippen molar-refractivity contribution in [3.8, 4) is 5.75 Å². The van der Waals surface area contributed by atoms with Crippen LogP contribution in [0.3, 0.4) is 0 Å². The molecular weight excluding hydrogens is 450 g/mol. The Labute approximate surface area is 200 Å². The Morgan fingerprint density at radius 1 is 1.09 bits per heavy atom. The molecule has 0 radical (unpaired) electrons. The number of amides is 1. The first-order valence-corrected chi connectivity index (χ1v) is 11.8. The van der Waals surface area contributed by atoms with Gasteiger partial charge in [-0.1, -0.05) is 11.2 Å². The van der Waals surface area contributed by atoms with Gasteiger partial charge in [-0.2, -0.15) is 5.10 Å². The van der Waals surface area contributed by atoms with Gasteiger partial charge in [0.2, 0.25) is 0 Å². The van der Waals surface area contributed by atoms with Crippen LogP contribution in [0, 0.1) is 0 Å². The molecule has 0 bridgehead atoms. The zero-order chi connectivity index (χ0) is 23.9. The normalized spacial score (nSPS) is 16.6. The molecule has 0 unspecified atom stereocenters. The van der Waals surface area contributed by atoms with Crippen LogP contribution in [0.5, 0.6) is 5.75 Å². The second kappa shape index (κ2) is 8.61. The number of H-pyrrole nitrogens is 1. The van der Waals surface area contributed by atoms with Crippen molar-refractivity contribution in [2.24, 2.45) is 0 Å². The molecule has 1 saturated heterocycles. The lowest BCUT2D eigenvalue weighted by atomic mass is 9.96. The van der Waals surface area contributed by atoms with E-state index in [4.69, 9.17) is 14.4 Å². The number of aromatic amines is 1. The number of carboxylic acid groups (broad SMARTS) is 1. The van der Waals surface area contributed by atoms with Gasteiger partial charge in [0.15, 0.2) is 11.4 Å². The number of hydrogen-bond donors (Lipinski definition) is 2. The summed E-state index contributed by atoms with van der Waals surface area (Å²) in [5, 5.41) is 22.6. The SMILES string of the molecule is O=C(O)N1CCN(c2noc3cc(Cc4n[nH]c(=O)c5ccc(OC6CCC6)cc45)ccc23)CC1. The maximum Gasteiger partial charge on any atom is 0.407 e. The van der Waals surface area contributed by atoms with Crippen LogP contribution >= 0.6 is 0 Å².